The fourth-order valence-electron chi connectivity index (χ4n) is 2.72. The summed E-state index contributed by atoms with van der Waals surface area (Å²) < 4.78 is 27.0. The molecule has 0 spiro atoms. The first-order chi connectivity index (χ1) is 12.4. The summed E-state index contributed by atoms with van der Waals surface area (Å²) in [6.07, 6.45) is 1.65. The third kappa shape index (κ3) is 5.68. The maximum Gasteiger partial charge on any atom is 0.240 e. The summed E-state index contributed by atoms with van der Waals surface area (Å²) in [4.78, 5) is 12.7. The zero-order chi connectivity index (χ0) is 19.0. The largest absolute Gasteiger partial charge is 0.354 e. The molecule has 2 rings (SSSR count). The molecule has 0 aliphatic carbocycles. The van der Waals surface area contributed by atoms with E-state index in [0.29, 0.717) is 0 Å². The molecule has 1 unspecified atom stereocenters. The molecule has 0 saturated carbocycles. The summed E-state index contributed by atoms with van der Waals surface area (Å²) in [6.45, 7) is 4.34. The minimum atomic E-state index is -3.56. The Labute approximate surface area is 155 Å². The highest BCUT2D eigenvalue weighted by Gasteiger charge is 2.19. The molecule has 26 heavy (non-hydrogen) atoms. The summed E-state index contributed by atoms with van der Waals surface area (Å²) in [7, 11) is -3.56. The van der Waals surface area contributed by atoms with Crippen LogP contribution in [0, 0.1) is 6.92 Å². The van der Waals surface area contributed by atoms with E-state index in [4.69, 9.17) is 0 Å². The van der Waals surface area contributed by atoms with Gasteiger partial charge in [0.2, 0.25) is 15.9 Å². The summed E-state index contributed by atoms with van der Waals surface area (Å²) in [6, 6.07) is 16.3. The van der Waals surface area contributed by atoms with Crippen LogP contribution < -0.4 is 10.0 Å². The molecule has 2 N–H and O–H groups in total. The normalized spacial score (nSPS) is 12.5. The second kappa shape index (κ2) is 9.50. The monoisotopic (exact) mass is 374 g/mol. The Bertz CT molecular complexity index is 803. The second-order valence-corrected chi connectivity index (χ2v) is 8.02. The number of rotatable bonds is 9. The van der Waals surface area contributed by atoms with Gasteiger partial charge in [-0.15, -0.1) is 0 Å². The molecule has 0 aliphatic rings. The van der Waals surface area contributed by atoms with Crippen LogP contribution in [0.15, 0.2) is 59.5 Å². The van der Waals surface area contributed by atoms with E-state index in [1.165, 1.54) is 0 Å². The molecule has 0 aromatic heterocycles. The van der Waals surface area contributed by atoms with Crippen molar-refractivity contribution in [2.45, 2.75) is 37.5 Å². The maximum atomic E-state index is 12.5. The van der Waals surface area contributed by atoms with Crippen LogP contribution in [0.4, 0.5) is 0 Å². The molecule has 0 heterocycles. The topological polar surface area (TPSA) is 75.3 Å². The molecule has 5 nitrogen and oxygen atoms in total. The smallest absolute Gasteiger partial charge is 0.240 e. The van der Waals surface area contributed by atoms with Gasteiger partial charge in [0.25, 0.3) is 0 Å². The Morgan fingerprint density at radius 2 is 1.65 bits per heavy atom. The van der Waals surface area contributed by atoms with Gasteiger partial charge in [-0.05, 0) is 31.0 Å². The predicted molar refractivity (Wildman–Crippen MR) is 103 cm³/mol. The molecule has 0 fully saturated rings. The number of sulfonamides is 1. The van der Waals surface area contributed by atoms with Crippen molar-refractivity contribution in [3.05, 3.63) is 65.7 Å². The molecule has 140 valence electrons. The third-order valence-electron chi connectivity index (χ3n) is 4.14. The van der Waals surface area contributed by atoms with Crippen molar-refractivity contribution in [1.82, 2.24) is 10.0 Å². The zero-order valence-corrected chi connectivity index (χ0v) is 16.1. The molecule has 6 heteroatoms. The molecular weight excluding hydrogens is 348 g/mol. The number of amides is 1. The Morgan fingerprint density at radius 3 is 2.27 bits per heavy atom. The SMILES string of the molecule is CCCC(C(=O)NCCNS(=O)(=O)c1ccc(C)cc1)c1ccccc1. The van der Waals surface area contributed by atoms with Gasteiger partial charge >= 0.3 is 0 Å². The highest BCUT2D eigenvalue weighted by atomic mass is 32.2. The Balaban J connectivity index is 1.88. The molecule has 2 aromatic carbocycles. The number of hydrogen-bond acceptors (Lipinski definition) is 3. The summed E-state index contributed by atoms with van der Waals surface area (Å²) in [5, 5.41) is 2.83. The maximum absolute atomic E-state index is 12.5. The first-order valence-electron chi connectivity index (χ1n) is 8.83. The minimum Gasteiger partial charge on any atom is -0.354 e. The molecule has 0 aliphatic heterocycles. The van der Waals surface area contributed by atoms with Crippen LogP contribution in [0.2, 0.25) is 0 Å². The molecule has 0 bridgehead atoms. The van der Waals surface area contributed by atoms with Crippen molar-refractivity contribution in [2.75, 3.05) is 13.1 Å². The second-order valence-electron chi connectivity index (χ2n) is 6.25. The number of hydrogen-bond donors (Lipinski definition) is 2. The lowest BCUT2D eigenvalue weighted by molar-refractivity contribution is -0.122. The van der Waals surface area contributed by atoms with Crippen LogP contribution in [-0.4, -0.2) is 27.4 Å². The van der Waals surface area contributed by atoms with Crippen molar-refractivity contribution in [3.8, 4) is 0 Å². The zero-order valence-electron chi connectivity index (χ0n) is 15.2. The quantitative estimate of drug-likeness (QED) is 0.663. The van der Waals surface area contributed by atoms with E-state index >= 15 is 0 Å². The van der Waals surface area contributed by atoms with Gasteiger partial charge in [0.15, 0.2) is 0 Å². The van der Waals surface area contributed by atoms with Crippen molar-refractivity contribution in [1.29, 1.82) is 0 Å². The van der Waals surface area contributed by atoms with E-state index in [-0.39, 0.29) is 29.8 Å². The fraction of sp³-hybridized carbons (Fsp3) is 0.350. The highest BCUT2D eigenvalue weighted by molar-refractivity contribution is 7.89. The van der Waals surface area contributed by atoms with Gasteiger partial charge in [-0.3, -0.25) is 4.79 Å². The molecule has 2 aromatic rings. The third-order valence-corrected chi connectivity index (χ3v) is 5.62. The number of aryl methyl sites for hydroxylation is 1. The lowest BCUT2D eigenvalue weighted by Gasteiger charge is -2.16. The number of benzene rings is 2. The van der Waals surface area contributed by atoms with Gasteiger partial charge in [-0.25, -0.2) is 13.1 Å². The summed E-state index contributed by atoms with van der Waals surface area (Å²) in [5.41, 5.74) is 1.98. The Hall–Kier alpha value is -2.18. The van der Waals surface area contributed by atoms with Gasteiger partial charge < -0.3 is 5.32 Å². The van der Waals surface area contributed by atoms with E-state index < -0.39 is 10.0 Å². The van der Waals surface area contributed by atoms with Crippen molar-refractivity contribution < 1.29 is 13.2 Å². The number of carbonyl (C=O) groups excluding carboxylic acids is 1. The first kappa shape index (κ1) is 20.1. The van der Waals surface area contributed by atoms with E-state index in [1.54, 1.807) is 24.3 Å². The minimum absolute atomic E-state index is 0.0763. The van der Waals surface area contributed by atoms with E-state index in [0.717, 1.165) is 24.0 Å². The molecule has 0 radical (unpaired) electrons. The summed E-state index contributed by atoms with van der Waals surface area (Å²) >= 11 is 0. The fourth-order valence-corrected chi connectivity index (χ4v) is 3.75. The van der Waals surface area contributed by atoms with Gasteiger partial charge in [0.1, 0.15) is 0 Å². The average Bonchev–Trinajstić information content (AvgIpc) is 2.64. The molecular formula is C20H26N2O3S. The Kier molecular flexibility index (Phi) is 7.36. The van der Waals surface area contributed by atoms with Gasteiger partial charge in [-0.2, -0.15) is 0 Å². The Morgan fingerprint density at radius 1 is 1.00 bits per heavy atom. The van der Waals surface area contributed by atoms with Gasteiger partial charge in [0, 0.05) is 13.1 Å². The first-order valence-corrected chi connectivity index (χ1v) is 10.3. The molecule has 0 saturated heterocycles. The lowest BCUT2D eigenvalue weighted by atomic mass is 9.94. The highest BCUT2D eigenvalue weighted by Crippen LogP contribution is 2.21. The lowest BCUT2D eigenvalue weighted by Crippen LogP contribution is -2.37. The van der Waals surface area contributed by atoms with Crippen LogP contribution in [0.1, 0.15) is 36.8 Å². The number of carbonyl (C=O) groups is 1. The van der Waals surface area contributed by atoms with E-state index in [1.807, 2.05) is 44.2 Å². The van der Waals surface area contributed by atoms with Crippen molar-refractivity contribution >= 4 is 15.9 Å². The predicted octanol–water partition coefficient (Wildman–Crippen LogP) is 2.97. The van der Waals surface area contributed by atoms with Crippen LogP contribution in [0.25, 0.3) is 0 Å². The standard InChI is InChI=1S/C20H26N2O3S/c1-3-7-19(17-8-5-4-6-9-17)20(23)21-14-15-22-26(24,25)18-12-10-16(2)11-13-18/h4-6,8-13,19,22H,3,7,14-15H2,1-2H3,(H,21,23). The summed E-state index contributed by atoms with van der Waals surface area (Å²) in [5.74, 6) is -0.289. The van der Waals surface area contributed by atoms with E-state index in [9.17, 15) is 13.2 Å². The van der Waals surface area contributed by atoms with Crippen LogP contribution in [-0.2, 0) is 14.8 Å². The van der Waals surface area contributed by atoms with Gasteiger partial charge in [0.05, 0.1) is 10.8 Å². The molecule has 1 atom stereocenters. The van der Waals surface area contributed by atoms with Crippen LogP contribution >= 0.6 is 0 Å². The molecule has 1 amide bonds. The number of nitrogens with one attached hydrogen (secondary N) is 2. The van der Waals surface area contributed by atoms with Crippen molar-refractivity contribution in [3.63, 3.8) is 0 Å². The van der Waals surface area contributed by atoms with E-state index in [2.05, 4.69) is 10.0 Å². The van der Waals surface area contributed by atoms with Crippen LogP contribution in [0.5, 0.6) is 0 Å². The van der Waals surface area contributed by atoms with Gasteiger partial charge in [-0.1, -0.05) is 61.4 Å². The average molecular weight is 375 g/mol. The van der Waals surface area contributed by atoms with Crippen LogP contribution in [0.3, 0.4) is 0 Å². The van der Waals surface area contributed by atoms with Crippen molar-refractivity contribution in [2.24, 2.45) is 0 Å².